The van der Waals surface area contributed by atoms with Gasteiger partial charge in [-0.25, -0.2) is 4.79 Å². The first kappa shape index (κ1) is 25.7. The van der Waals surface area contributed by atoms with Crippen molar-refractivity contribution in [2.75, 3.05) is 11.5 Å². The molecule has 1 saturated heterocycles. The van der Waals surface area contributed by atoms with Crippen molar-refractivity contribution >= 4 is 47.3 Å². The van der Waals surface area contributed by atoms with Gasteiger partial charge in [-0.05, 0) is 24.0 Å². The van der Waals surface area contributed by atoms with E-state index in [1.165, 1.54) is 28.4 Å². The Labute approximate surface area is 213 Å². The Balaban J connectivity index is 1.41. The molecule has 190 valence electrons. The first-order chi connectivity index (χ1) is 17.3. The summed E-state index contributed by atoms with van der Waals surface area (Å²) in [5.74, 6) is -2.88. The molecule has 1 fully saturated rings. The standard InChI is InChI=1S/C22H23N5O7S2/c28-14(29)8-4-7-13-19(25-26-24-13)35-9-12-10-36-21-15(20(32)27(21)16(12)22(33)34)23-18(31)17(30)11-5-2-1-3-6-11/h1-3,5-6,15,17,21,30H,4,7-10H2,(H,23,31)(H,28,29)(H,33,34)(H,24,25,26)/t15?,17-,21-/m1/s1. The van der Waals surface area contributed by atoms with Crippen molar-refractivity contribution in [3.05, 3.63) is 52.9 Å². The molecule has 3 heterocycles. The zero-order chi connectivity index (χ0) is 25.8. The maximum Gasteiger partial charge on any atom is 0.352 e. The number of rotatable bonds is 11. The number of aryl methyl sites for hydroxylation is 1. The van der Waals surface area contributed by atoms with Gasteiger partial charge >= 0.3 is 11.9 Å². The molecule has 14 heteroatoms. The fraction of sp³-hybridized carbons (Fsp3) is 0.364. The van der Waals surface area contributed by atoms with Crippen LogP contribution in [-0.4, -0.2) is 82.3 Å². The molecule has 1 aromatic carbocycles. The average Bonchev–Trinajstić information content (AvgIpc) is 3.32. The number of nitrogens with zero attached hydrogens (tertiary/aromatic N) is 3. The fourth-order valence-electron chi connectivity index (χ4n) is 3.90. The number of H-pyrrole nitrogens is 1. The van der Waals surface area contributed by atoms with Crippen LogP contribution < -0.4 is 5.32 Å². The van der Waals surface area contributed by atoms with E-state index in [2.05, 4.69) is 20.7 Å². The highest BCUT2D eigenvalue weighted by atomic mass is 32.2. The van der Waals surface area contributed by atoms with E-state index in [-0.39, 0.29) is 17.9 Å². The first-order valence-electron chi connectivity index (χ1n) is 11.0. The van der Waals surface area contributed by atoms with Gasteiger partial charge in [0.05, 0.1) is 5.69 Å². The van der Waals surface area contributed by atoms with Crippen LogP contribution in [0.2, 0.25) is 0 Å². The van der Waals surface area contributed by atoms with Crippen molar-refractivity contribution in [1.82, 2.24) is 25.6 Å². The Morgan fingerprint density at radius 2 is 1.97 bits per heavy atom. The number of hydrogen-bond donors (Lipinski definition) is 5. The lowest BCUT2D eigenvalue weighted by Gasteiger charge is -2.49. The number of aliphatic hydroxyl groups is 1. The van der Waals surface area contributed by atoms with Gasteiger partial charge in [-0.15, -0.1) is 16.9 Å². The number of β-lactam (4-membered cyclic amide) rings is 1. The zero-order valence-electron chi connectivity index (χ0n) is 18.8. The van der Waals surface area contributed by atoms with E-state index in [9.17, 15) is 29.4 Å². The molecule has 5 N–H and O–H groups in total. The average molecular weight is 534 g/mol. The van der Waals surface area contributed by atoms with Gasteiger partial charge in [0, 0.05) is 17.9 Å². The van der Waals surface area contributed by atoms with Gasteiger partial charge < -0.3 is 20.6 Å². The van der Waals surface area contributed by atoms with Crippen molar-refractivity contribution < 1.29 is 34.5 Å². The number of hydrogen-bond acceptors (Lipinski definition) is 9. The minimum Gasteiger partial charge on any atom is -0.481 e. The molecule has 36 heavy (non-hydrogen) atoms. The third-order valence-corrected chi connectivity index (χ3v) is 8.11. The van der Waals surface area contributed by atoms with E-state index < -0.39 is 41.3 Å². The van der Waals surface area contributed by atoms with Gasteiger partial charge in [0.1, 0.15) is 22.1 Å². The summed E-state index contributed by atoms with van der Waals surface area (Å²) in [5, 5.41) is 42.0. The van der Waals surface area contributed by atoms with Crippen LogP contribution in [0, 0.1) is 0 Å². The van der Waals surface area contributed by atoms with Crippen LogP contribution >= 0.6 is 23.5 Å². The highest BCUT2D eigenvalue weighted by Crippen LogP contribution is 2.41. The number of amides is 2. The summed E-state index contributed by atoms with van der Waals surface area (Å²) in [7, 11) is 0. The number of carboxylic acid groups (broad SMARTS) is 2. The molecule has 3 atom stereocenters. The first-order valence-corrected chi connectivity index (χ1v) is 13.0. The minimum absolute atomic E-state index is 0.000460. The van der Waals surface area contributed by atoms with Crippen LogP contribution in [-0.2, 0) is 25.6 Å². The number of aromatic amines is 1. The number of aromatic nitrogens is 3. The summed E-state index contributed by atoms with van der Waals surface area (Å²) in [6, 6.07) is 7.35. The molecule has 0 bridgehead atoms. The second kappa shape index (κ2) is 11.1. The van der Waals surface area contributed by atoms with Gasteiger partial charge in [0.25, 0.3) is 11.8 Å². The van der Waals surface area contributed by atoms with Crippen molar-refractivity contribution in [1.29, 1.82) is 0 Å². The molecule has 0 spiro atoms. The monoisotopic (exact) mass is 533 g/mol. The molecule has 2 aliphatic rings. The Kier molecular flexibility index (Phi) is 7.96. The summed E-state index contributed by atoms with van der Waals surface area (Å²) < 4.78 is 0. The van der Waals surface area contributed by atoms with Gasteiger partial charge in [0.15, 0.2) is 6.10 Å². The Morgan fingerprint density at radius 1 is 1.22 bits per heavy atom. The molecule has 1 aromatic heterocycles. The Bertz CT molecular complexity index is 1200. The van der Waals surface area contributed by atoms with Crippen LogP contribution in [0.3, 0.4) is 0 Å². The molecular formula is C22H23N5O7S2. The smallest absolute Gasteiger partial charge is 0.352 e. The number of fused-ring (bicyclic) bond motifs is 1. The second-order valence-corrected chi connectivity index (χ2v) is 10.1. The van der Waals surface area contributed by atoms with Gasteiger partial charge in [-0.1, -0.05) is 42.1 Å². The number of carbonyl (C=O) groups excluding carboxylic acids is 2. The fourth-order valence-corrected chi connectivity index (χ4v) is 6.34. The summed E-state index contributed by atoms with van der Waals surface area (Å²) in [6.07, 6.45) is -0.645. The molecule has 1 unspecified atom stereocenters. The molecule has 0 aliphatic carbocycles. The molecule has 12 nitrogen and oxygen atoms in total. The van der Waals surface area contributed by atoms with E-state index in [1.807, 2.05) is 0 Å². The normalized spacial score (nSPS) is 19.9. The summed E-state index contributed by atoms with van der Waals surface area (Å²) in [6.45, 7) is 0. The summed E-state index contributed by atoms with van der Waals surface area (Å²) >= 11 is 2.58. The molecule has 0 radical (unpaired) electrons. The Morgan fingerprint density at radius 3 is 2.67 bits per heavy atom. The van der Waals surface area contributed by atoms with Gasteiger partial charge in [-0.3, -0.25) is 19.3 Å². The lowest BCUT2D eigenvalue weighted by molar-refractivity contribution is -0.151. The summed E-state index contributed by atoms with van der Waals surface area (Å²) in [4.78, 5) is 49.3. The number of aliphatic carboxylic acids is 2. The molecular weight excluding hydrogens is 510 g/mol. The number of benzene rings is 1. The van der Waals surface area contributed by atoms with Gasteiger partial charge in [0.2, 0.25) is 0 Å². The molecule has 4 rings (SSSR count). The number of carbonyl (C=O) groups is 4. The van der Waals surface area contributed by atoms with E-state index in [4.69, 9.17) is 5.11 Å². The van der Waals surface area contributed by atoms with E-state index in [1.54, 1.807) is 30.3 Å². The number of thioether (sulfide) groups is 2. The van der Waals surface area contributed by atoms with E-state index >= 15 is 0 Å². The number of carboxylic acids is 2. The topological polar surface area (TPSA) is 186 Å². The predicted molar refractivity (Wildman–Crippen MR) is 129 cm³/mol. The molecule has 2 aromatic rings. The maximum absolute atomic E-state index is 12.8. The van der Waals surface area contributed by atoms with Crippen LogP contribution in [0.15, 0.2) is 46.6 Å². The number of nitrogens with one attached hydrogen (secondary N) is 2. The van der Waals surface area contributed by atoms with Crippen molar-refractivity contribution in [3.63, 3.8) is 0 Å². The van der Waals surface area contributed by atoms with Crippen LogP contribution in [0.1, 0.15) is 30.2 Å². The van der Waals surface area contributed by atoms with Crippen molar-refractivity contribution in [3.8, 4) is 0 Å². The third kappa shape index (κ3) is 5.39. The van der Waals surface area contributed by atoms with E-state index in [0.717, 1.165) is 0 Å². The van der Waals surface area contributed by atoms with Crippen LogP contribution in [0.25, 0.3) is 0 Å². The molecule has 2 amide bonds. The highest BCUT2D eigenvalue weighted by Gasteiger charge is 2.54. The minimum atomic E-state index is -1.45. The lowest BCUT2D eigenvalue weighted by atomic mass is 10.0. The van der Waals surface area contributed by atoms with E-state index in [0.29, 0.717) is 40.5 Å². The van der Waals surface area contributed by atoms with Gasteiger partial charge in [-0.2, -0.15) is 10.3 Å². The van der Waals surface area contributed by atoms with Crippen molar-refractivity contribution in [2.24, 2.45) is 0 Å². The maximum atomic E-state index is 12.8. The van der Waals surface area contributed by atoms with Crippen molar-refractivity contribution in [2.45, 2.75) is 41.8 Å². The second-order valence-electron chi connectivity index (χ2n) is 8.08. The largest absolute Gasteiger partial charge is 0.481 e. The third-order valence-electron chi connectivity index (χ3n) is 5.68. The van der Waals surface area contributed by atoms with Crippen LogP contribution in [0.4, 0.5) is 0 Å². The SMILES string of the molecule is O=C(O)CCCc1n[nH]nc1SCC1=C(C(=O)O)N2C(=O)C(NC(=O)[C@H](O)c3ccccc3)[C@H]2SC1. The zero-order valence-corrected chi connectivity index (χ0v) is 20.4. The molecule has 2 aliphatic heterocycles. The predicted octanol–water partition coefficient (Wildman–Crippen LogP) is 0.776. The highest BCUT2D eigenvalue weighted by molar-refractivity contribution is 8.01. The van der Waals surface area contributed by atoms with Crippen LogP contribution in [0.5, 0.6) is 0 Å². The Hall–Kier alpha value is -3.36. The lowest BCUT2D eigenvalue weighted by Crippen LogP contribution is -2.70. The quantitative estimate of drug-likeness (QED) is 0.203. The molecule has 0 saturated carbocycles. The number of aliphatic hydroxyl groups excluding tert-OH is 1. The summed E-state index contributed by atoms with van der Waals surface area (Å²) in [5.41, 5.74) is 1.38.